The second-order valence-electron chi connectivity index (χ2n) is 4.00. The summed E-state index contributed by atoms with van der Waals surface area (Å²) in [4.78, 5) is 4.01. The van der Waals surface area contributed by atoms with E-state index in [9.17, 15) is 12.8 Å². The van der Waals surface area contributed by atoms with Crippen molar-refractivity contribution >= 4 is 10.0 Å². The summed E-state index contributed by atoms with van der Waals surface area (Å²) in [6.45, 7) is 1.77. The first kappa shape index (κ1) is 12.7. The van der Waals surface area contributed by atoms with Crippen molar-refractivity contribution in [1.82, 2.24) is 9.55 Å². The van der Waals surface area contributed by atoms with Crippen molar-refractivity contribution in [2.24, 2.45) is 12.2 Å². The summed E-state index contributed by atoms with van der Waals surface area (Å²) in [6.07, 6.45) is 1.72. The molecule has 1 aromatic carbocycles. The third-order valence-corrected chi connectivity index (χ3v) is 3.42. The highest BCUT2D eigenvalue weighted by Gasteiger charge is 2.15. The summed E-state index contributed by atoms with van der Waals surface area (Å²) in [5.41, 5.74) is 0.824. The van der Waals surface area contributed by atoms with Gasteiger partial charge in [-0.3, -0.25) is 0 Å². The maximum Gasteiger partial charge on any atom is 0.238 e. The molecule has 0 amide bonds. The number of aryl methyl sites for hydroxylation is 2. The van der Waals surface area contributed by atoms with Gasteiger partial charge in [0.25, 0.3) is 0 Å². The van der Waals surface area contributed by atoms with Crippen LogP contribution in [0.1, 0.15) is 5.69 Å². The number of nitrogens with zero attached hydrogens (tertiary/aromatic N) is 2. The SMILES string of the molecule is Cc1cn(C)c(-c2cc(S(N)(=O)=O)ccc2F)n1. The van der Waals surface area contributed by atoms with Gasteiger partial charge in [0.2, 0.25) is 10.0 Å². The van der Waals surface area contributed by atoms with Gasteiger partial charge in [0.05, 0.1) is 16.2 Å². The quantitative estimate of drug-likeness (QED) is 0.889. The third-order valence-electron chi connectivity index (χ3n) is 2.50. The van der Waals surface area contributed by atoms with Crippen LogP contribution in [0.2, 0.25) is 0 Å². The van der Waals surface area contributed by atoms with Crippen LogP contribution >= 0.6 is 0 Å². The molecule has 96 valence electrons. The zero-order chi connectivity index (χ0) is 13.5. The standard InChI is InChI=1S/C11H12FN3O2S/c1-7-6-15(2)11(14-7)9-5-8(18(13,16)17)3-4-10(9)12/h3-6H,1-2H3,(H2,13,16,17). The van der Waals surface area contributed by atoms with E-state index in [1.165, 1.54) is 6.07 Å². The number of nitrogens with two attached hydrogens (primary N) is 1. The molecule has 0 spiro atoms. The van der Waals surface area contributed by atoms with Gasteiger partial charge in [-0.15, -0.1) is 0 Å². The number of sulfonamides is 1. The number of hydrogen-bond donors (Lipinski definition) is 1. The highest BCUT2D eigenvalue weighted by molar-refractivity contribution is 7.89. The number of primary sulfonamides is 1. The molecule has 0 saturated carbocycles. The van der Waals surface area contributed by atoms with Gasteiger partial charge < -0.3 is 4.57 Å². The first-order valence-electron chi connectivity index (χ1n) is 5.12. The van der Waals surface area contributed by atoms with Crippen LogP contribution in [0, 0.1) is 12.7 Å². The Bertz CT molecular complexity index is 707. The first-order chi connectivity index (χ1) is 8.29. The average Bonchev–Trinajstić information content (AvgIpc) is 2.56. The van der Waals surface area contributed by atoms with Crippen molar-refractivity contribution in [3.63, 3.8) is 0 Å². The predicted molar refractivity (Wildman–Crippen MR) is 64.7 cm³/mol. The number of hydrogen-bond acceptors (Lipinski definition) is 3. The lowest BCUT2D eigenvalue weighted by atomic mass is 10.2. The molecule has 0 aliphatic heterocycles. The monoisotopic (exact) mass is 269 g/mol. The Morgan fingerprint density at radius 2 is 2.06 bits per heavy atom. The number of benzene rings is 1. The fourth-order valence-electron chi connectivity index (χ4n) is 1.72. The normalized spacial score (nSPS) is 11.8. The van der Waals surface area contributed by atoms with E-state index < -0.39 is 15.8 Å². The van der Waals surface area contributed by atoms with Crippen LogP contribution in [0.25, 0.3) is 11.4 Å². The van der Waals surface area contributed by atoms with Crippen molar-refractivity contribution in [2.75, 3.05) is 0 Å². The molecule has 0 aliphatic rings. The van der Waals surface area contributed by atoms with Gasteiger partial charge in [0, 0.05) is 13.2 Å². The van der Waals surface area contributed by atoms with Crippen LogP contribution in [0.4, 0.5) is 4.39 Å². The predicted octanol–water partition coefficient (Wildman–Crippen LogP) is 1.18. The van der Waals surface area contributed by atoms with E-state index in [1.807, 2.05) is 0 Å². The second kappa shape index (κ2) is 4.18. The lowest BCUT2D eigenvalue weighted by molar-refractivity contribution is 0.596. The van der Waals surface area contributed by atoms with E-state index in [1.54, 1.807) is 24.7 Å². The largest absolute Gasteiger partial charge is 0.334 e. The fraction of sp³-hybridized carbons (Fsp3) is 0.182. The summed E-state index contributed by atoms with van der Waals surface area (Å²) in [6, 6.07) is 3.38. The Hall–Kier alpha value is -1.73. The first-order valence-corrected chi connectivity index (χ1v) is 6.66. The molecule has 0 unspecified atom stereocenters. The summed E-state index contributed by atoms with van der Waals surface area (Å²) < 4.78 is 37.9. The Labute approximate surface area is 104 Å². The summed E-state index contributed by atoms with van der Waals surface area (Å²) in [5, 5.41) is 5.02. The fourth-order valence-corrected chi connectivity index (χ4v) is 2.26. The van der Waals surface area contributed by atoms with Crippen LogP contribution in [0.15, 0.2) is 29.3 Å². The van der Waals surface area contributed by atoms with Gasteiger partial charge in [0.15, 0.2) is 0 Å². The van der Waals surface area contributed by atoms with Crippen LogP contribution in [0.5, 0.6) is 0 Å². The second-order valence-corrected chi connectivity index (χ2v) is 5.56. The molecule has 18 heavy (non-hydrogen) atoms. The Morgan fingerprint density at radius 3 is 2.56 bits per heavy atom. The maximum absolute atomic E-state index is 13.7. The van der Waals surface area contributed by atoms with E-state index in [-0.39, 0.29) is 10.5 Å². The van der Waals surface area contributed by atoms with Gasteiger partial charge in [-0.2, -0.15) is 0 Å². The van der Waals surface area contributed by atoms with Crippen molar-refractivity contribution in [3.05, 3.63) is 35.9 Å². The molecular weight excluding hydrogens is 257 g/mol. The van der Waals surface area contributed by atoms with Gasteiger partial charge in [-0.1, -0.05) is 0 Å². The van der Waals surface area contributed by atoms with Crippen LogP contribution in [-0.4, -0.2) is 18.0 Å². The Balaban J connectivity index is 2.68. The minimum atomic E-state index is -3.86. The Kier molecular flexibility index (Phi) is 2.95. The molecule has 0 bridgehead atoms. The number of halogens is 1. The molecule has 0 aliphatic carbocycles. The number of imidazole rings is 1. The summed E-state index contributed by atoms with van der Waals surface area (Å²) in [5.74, 6) is -0.188. The zero-order valence-corrected chi connectivity index (χ0v) is 10.7. The number of aromatic nitrogens is 2. The summed E-state index contributed by atoms with van der Waals surface area (Å²) >= 11 is 0. The molecular formula is C11H12FN3O2S. The molecule has 2 aromatic rings. The molecule has 1 aromatic heterocycles. The molecule has 0 fully saturated rings. The van der Waals surface area contributed by atoms with Crippen LogP contribution in [0.3, 0.4) is 0 Å². The van der Waals surface area contributed by atoms with Crippen LogP contribution in [-0.2, 0) is 17.1 Å². The van der Waals surface area contributed by atoms with Gasteiger partial charge >= 0.3 is 0 Å². The Morgan fingerprint density at radius 1 is 1.39 bits per heavy atom. The third kappa shape index (κ3) is 2.27. The van der Waals surface area contributed by atoms with E-state index >= 15 is 0 Å². The van der Waals surface area contributed by atoms with Crippen molar-refractivity contribution < 1.29 is 12.8 Å². The molecule has 0 radical (unpaired) electrons. The average molecular weight is 269 g/mol. The smallest absolute Gasteiger partial charge is 0.238 e. The van der Waals surface area contributed by atoms with Gasteiger partial charge in [-0.05, 0) is 25.1 Å². The highest BCUT2D eigenvalue weighted by atomic mass is 32.2. The van der Waals surface area contributed by atoms with E-state index in [2.05, 4.69) is 4.98 Å². The van der Waals surface area contributed by atoms with E-state index in [4.69, 9.17) is 5.14 Å². The molecule has 1 heterocycles. The van der Waals surface area contributed by atoms with Gasteiger partial charge in [0.1, 0.15) is 11.6 Å². The van der Waals surface area contributed by atoms with Gasteiger partial charge in [-0.25, -0.2) is 22.9 Å². The van der Waals surface area contributed by atoms with Crippen molar-refractivity contribution in [1.29, 1.82) is 0 Å². The molecule has 0 atom stereocenters. The molecule has 7 heteroatoms. The summed E-state index contributed by atoms with van der Waals surface area (Å²) in [7, 11) is -2.15. The van der Waals surface area contributed by atoms with Crippen molar-refractivity contribution in [3.8, 4) is 11.4 Å². The maximum atomic E-state index is 13.7. The lowest BCUT2D eigenvalue weighted by Crippen LogP contribution is -2.12. The minimum Gasteiger partial charge on any atom is -0.334 e. The van der Waals surface area contributed by atoms with E-state index in [0.717, 1.165) is 12.1 Å². The molecule has 2 N–H and O–H groups in total. The molecule has 0 saturated heterocycles. The molecule has 5 nitrogen and oxygen atoms in total. The number of rotatable bonds is 2. The minimum absolute atomic E-state index is 0.108. The van der Waals surface area contributed by atoms with Crippen LogP contribution < -0.4 is 5.14 Å². The van der Waals surface area contributed by atoms with E-state index in [0.29, 0.717) is 11.5 Å². The molecule has 2 rings (SSSR count). The lowest BCUT2D eigenvalue weighted by Gasteiger charge is -2.05. The highest BCUT2D eigenvalue weighted by Crippen LogP contribution is 2.24. The van der Waals surface area contributed by atoms with Crippen molar-refractivity contribution in [2.45, 2.75) is 11.8 Å². The zero-order valence-electron chi connectivity index (χ0n) is 9.88. The topological polar surface area (TPSA) is 78.0 Å².